The van der Waals surface area contributed by atoms with E-state index in [1.165, 1.54) is 23.1 Å². The van der Waals surface area contributed by atoms with Gasteiger partial charge in [-0.15, -0.1) is 0 Å². The Morgan fingerprint density at radius 1 is 1.02 bits per heavy atom. The molecule has 1 aliphatic rings. The lowest BCUT2D eigenvalue weighted by Crippen LogP contribution is -2.39. The maximum absolute atomic E-state index is 13.9. The molecule has 0 aliphatic carbocycles. The highest BCUT2D eigenvalue weighted by molar-refractivity contribution is 7.99. The zero-order chi connectivity index (χ0) is 27.5. The summed E-state index contributed by atoms with van der Waals surface area (Å²) in [4.78, 5) is 41.1. The van der Waals surface area contributed by atoms with Gasteiger partial charge in [0.05, 0.1) is 28.5 Å². The maximum atomic E-state index is 13.9. The number of carbonyl (C=O) groups is 1. The predicted molar refractivity (Wildman–Crippen MR) is 152 cm³/mol. The van der Waals surface area contributed by atoms with Crippen molar-refractivity contribution in [2.45, 2.75) is 23.2 Å². The standard InChI is InChI=1S/C30H22N4O4S2/c1-2-37-28(36)24-25(19-10-5-3-6-11-19)33-30-34(26(24)20-12-7-4-8-13-20)27(35)22(39-30)18-21-14-15-23(38-21)40-29-31-16-9-17-32-29/h3-18,26H,2H2,1H3. The topological polar surface area (TPSA) is 99.6 Å². The van der Waals surface area contributed by atoms with Gasteiger partial charge in [0, 0.05) is 24.0 Å². The summed E-state index contributed by atoms with van der Waals surface area (Å²) in [6.07, 6.45) is 5.02. The number of aromatic nitrogens is 3. The Morgan fingerprint density at radius 3 is 2.48 bits per heavy atom. The lowest BCUT2D eigenvalue weighted by molar-refractivity contribution is -0.138. The number of fused-ring (bicyclic) bond motifs is 1. The van der Waals surface area contributed by atoms with Gasteiger partial charge in [-0.2, -0.15) is 0 Å². The van der Waals surface area contributed by atoms with Gasteiger partial charge in [-0.25, -0.2) is 19.8 Å². The fourth-order valence-corrected chi connectivity index (χ4v) is 6.08. The minimum Gasteiger partial charge on any atom is -0.463 e. The molecule has 0 spiro atoms. The average Bonchev–Trinajstić information content (AvgIpc) is 3.56. The number of esters is 1. The first-order valence-corrected chi connectivity index (χ1v) is 14.1. The van der Waals surface area contributed by atoms with Crippen molar-refractivity contribution in [3.8, 4) is 0 Å². The molecule has 0 bridgehead atoms. The molecule has 6 rings (SSSR count). The minimum absolute atomic E-state index is 0.198. The van der Waals surface area contributed by atoms with Gasteiger partial charge in [-0.1, -0.05) is 72.0 Å². The first kappa shape index (κ1) is 25.7. The SMILES string of the molecule is CCOC(=O)C1=C(c2ccccc2)N=c2sc(=Cc3ccc(Sc4ncccn4)o3)c(=O)n2C1c1ccccc1. The molecule has 1 atom stereocenters. The van der Waals surface area contributed by atoms with Crippen LogP contribution in [0.1, 0.15) is 29.9 Å². The monoisotopic (exact) mass is 566 g/mol. The number of nitrogens with zero attached hydrogens (tertiary/aromatic N) is 4. The Balaban J connectivity index is 1.51. The van der Waals surface area contributed by atoms with E-state index in [9.17, 15) is 9.59 Å². The second-order valence-electron chi connectivity index (χ2n) is 8.63. The van der Waals surface area contributed by atoms with Crippen LogP contribution in [0.15, 0.2) is 121 Å². The van der Waals surface area contributed by atoms with E-state index < -0.39 is 12.0 Å². The van der Waals surface area contributed by atoms with Crippen molar-refractivity contribution in [1.29, 1.82) is 0 Å². The van der Waals surface area contributed by atoms with Gasteiger partial charge in [0.1, 0.15) is 5.76 Å². The van der Waals surface area contributed by atoms with Crippen LogP contribution in [0.3, 0.4) is 0 Å². The number of hydrogen-bond acceptors (Lipinski definition) is 9. The van der Waals surface area contributed by atoms with Crippen molar-refractivity contribution in [3.05, 3.63) is 133 Å². The Bertz CT molecular complexity index is 1880. The van der Waals surface area contributed by atoms with Crippen LogP contribution in [-0.4, -0.2) is 27.1 Å². The van der Waals surface area contributed by atoms with Crippen LogP contribution in [-0.2, 0) is 9.53 Å². The Kier molecular flexibility index (Phi) is 7.26. The molecule has 3 aromatic heterocycles. The summed E-state index contributed by atoms with van der Waals surface area (Å²) in [7, 11) is 0. The third kappa shape index (κ3) is 5.06. The van der Waals surface area contributed by atoms with Crippen molar-refractivity contribution in [2.75, 3.05) is 6.61 Å². The highest BCUT2D eigenvalue weighted by atomic mass is 32.2. The lowest BCUT2D eigenvalue weighted by Gasteiger charge is -2.25. The van der Waals surface area contributed by atoms with E-state index in [4.69, 9.17) is 14.1 Å². The molecule has 40 heavy (non-hydrogen) atoms. The summed E-state index contributed by atoms with van der Waals surface area (Å²) < 4.78 is 13.4. The van der Waals surface area contributed by atoms with Crippen LogP contribution in [0, 0.1) is 0 Å². The number of hydrogen-bond donors (Lipinski definition) is 0. The minimum atomic E-state index is -0.716. The van der Waals surface area contributed by atoms with Crippen LogP contribution in [0.5, 0.6) is 0 Å². The third-order valence-electron chi connectivity index (χ3n) is 6.10. The van der Waals surface area contributed by atoms with Crippen molar-refractivity contribution >= 4 is 40.8 Å². The summed E-state index contributed by atoms with van der Waals surface area (Å²) in [6, 6.07) is 23.6. The fraction of sp³-hybridized carbons (Fsp3) is 0.100. The number of benzene rings is 2. The Hall–Kier alpha value is -4.54. The molecule has 0 saturated carbocycles. The molecule has 5 aromatic rings. The largest absolute Gasteiger partial charge is 0.463 e. The number of thiazole rings is 1. The van der Waals surface area contributed by atoms with Gasteiger partial charge in [0.15, 0.2) is 15.1 Å². The highest BCUT2D eigenvalue weighted by Gasteiger charge is 2.35. The second-order valence-corrected chi connectivity index (χ2v) is 10.6. The summed E-state index contributed by atoms with van der Waals surface area (Å²) in [6.45, 7) is 1.95. The van der Waals surface area contributed by atoms with E-state index >= 15 is 0 Å². The smallest absolute Gasteiger partial charge is 0.338 e. The van der Waals surface area contributed by atoms with Crippen molar-refractivity contribution < 1.29 is 13.9 Å². The number of carbonyl (C=O) groups excluding carboxylic acids is 1. The van der Waals surface area contributed by atoms with Gasteiger partial charge >= 0.3 is 5.97 Å². The average molecular weight is 567 g/mol. The van der Waals surface area contributed by atoms with E-state index in [1.807, 2.05) is 66.7 Å². The van der Waals surface area contributed by atoms with Crippen LogP contribution in [0.2, 0.25) is 0 Å². The molecule has 8 nitrogen and oxygen atoms in total. The molecular weight excluding hydrogens is 544 g/mol. The first-order valence-electron chi connectivity index (χ1n) is 12.5. The summed E-state index contributed by atoms with van der Waals surface area (Å²) in [5.74, 6) is -0.00286. The van der Waals surface area contributed by atoms with Crippen LogP contribution in [0.4, 0.5) is 0 Å². The lowest BCUT2D eigenvalue weighted by atomic mass is 9.93. The van der Waals surface area contributed by atoms with Crippen molar-refractivity contribution in [3.63, 3.8) is 0 Å². The zero-order valence-corrected chi connectivity index (χ0v) is 22.9. The Morgan fingerprint density at radius 2 is 1.75 bits per heavy atom. The molecule has 4 heterocycles. The normalized spacial score (nSPS) is 15.0. The molecule has 0 fully saturated rings. The molecular formula is C30H22N4O4S2. The van der Waals surface area contributed by atoms with Gasteiger partial charge in [-0.05, 0) is 42.4 Å². The van der Waals surface area contributed by atoms with E-state index in [0.29, 0.717) is 36.6 Å². The molecule has 10 heteroatoms. The zero-order valence-electron chi connectivity index (χ0n) is 21.3. The van der Waals surface area contributed by atoms with Gasteiger partial charge < -0.3 is 9.15 Å². The molecule has 1 aliphatic heterocycles. The van der Waals surface area contributed by atoms with Gasteiger partial charge in [0.25, 0.3) is 5.56 Å². The van der Waals surface area contributed by atoms with E-state index in [2.05, 4.69) is 9.97 Å². The highest BCUT2D eigenvalue weighted by Crippen LogP contribution is 2.35. The van der Waals surface area contributed by atoms with Crippen molar-refractivity contribution in [1.82, 2.24) is 14.5 Å². The van der Waals surface area contributed by atoms with E-state index in [0.717, 1.165) is 11.1 Å². The molecule has 0 N–H and O–H groups in total. The number of furan rings is 1. The molecule has 0 radical (unpaired) electrons. The summed E-state index contributed by atoms with van der Waals surface area (Å²) in [5, 5.41) is 1.16. The van der Waals surface area contributed by atoms with E-state index in [-0.39, 0.29) is 12.2 Å². The van der Waals surface area contributed by atoms with Crippen LogP contribution in [0.25, 0.3) is 11.8 Å². The second kappa shape index (κ2) is 11.3. The Labute approximate surface area is 237 Å². The predicted octanol–water partition coefficient (Wildman–Crippen LogP) is 4.47. The fourth-order valence-electron chi connectivity index (χ4n) is 4.42. The summed E-state index contributed by atoms with van der Waals surface area (Å²) in [5.41, 5.74) is 2.07. The van der Waals surface area contributed by atoms with Gasteiger partial charge in [-0.3, -0.25) is 9.36 Å². The number of rotatable bonds is 7. The molecule has 0 saturated heterocycles. The third-order valence-corrected chi connectivity index (χ3v) is 7.90. The van der Waals surface area contributed by atoms with Crippen LogP contribution >= 0.6 is 23.1 Å². The molecule has 1 unspecified atom stereocenters. The van der Waals surface area contributed by atoms with E-state index in [1.54, 1.807) is 42.1 Å². The quantitative estimate of drug-likeness (QED) is 0.212. The maximum Gasteiger partial charge on any atom is 0.338 e. The molecule has 0 amide bonds. The number of ether oxygens (including phenoxy) is 1. The van der Waals surface area contributed by atoms with Gasteiger partial charge in [0.2, 0.25) is 0 Å². The van der Waals surface area contributed by atoms with Crippen molar-refractivity contribution in [2.24, 2.45) is 4.99 Å². The molecule has 198 valence electrons. The molecule has 2 aromatic carbocycles. The summed E-state index contributed by atoms with van der Waals surface area (Å²) >= 11 is 2.53. The first-order chi connectivity index (χ1) is 19.6. The van der Waals surface area contributed by atoms with Crippen LogP contribution < -0.4 is 14.9 Å².